The molecule has 1 heterocycles. The van der Waals surface area contributed by atoms with Gasteiger partial charge in [0, 0.05) is 19.5 Å². The van der Waals surface area contributed by atoms with Gasteiger partial charge in [0.05, 0.1) is 10.7 Å². The molecule has 4 rings (SSSR count). The number of carbonyl (C=O) groups excluding carboxylic acids is 3. The van der Waals surface area contributed by atoms with Crippen molar-refractivity contribution in [1.82, 2.24) is 5.32 Å². The summed E-state index contributed by atoms with van der Waals surface area (Å²) in [5, 5.41) is 2.69. The normalized spacial score (nSPS) is 15.0. The first-order chi connectivity index (χ1) is 16.2. The molecule has 1 aliphatic rings. The molecule has 1 fully saturated rings. The number of hydrogen-bond acceptors (Lipinski definition) is 4. The second kappa shape index (κ2) is 10.3. The van der Waals surface area contributed by atoms with E-state index in [2.05, 4.69) is 37.2 Å². The topological polar surface area (TPSA) is 75.7 Å². The second-order valence-corrected chi connectivity index (χ2v) is 9.83. The van der Waals surface area contributed by atoms with Crippen LogP contribution in [-0.4, -0.2) is 17.8 Å². The number of benzene rings is 3. The van der Waals surface area contributed by atoms with Crippen LogP contribution in [0.1, 0.15) is 11.1 Å². The number of ether oxygens (including phenoxy) is 1. The van der Waals surface area contributed by atoms with Crippen LogP contribution >= 0.6 is 55.1 Å². The van der Waals surface area contributed by atoms with E-state index in [0.29, 0.717) is 11.3 Å². The van der Waals surface area contributed by atoms with E-state index < -0.39 is 17.8 Å². The second-order valence-electron chi connectivity index (χ2n) is 7.16. The Morgan fingerprint density at radius 3 is 2.18 bits per heavy atom. The largest absolute Gasteiger partial charge is 0.487 e. The summed E-state index contributed by atoms with van der Waals surface area (Å²) in [6, 6.07) is 16.2. The maximum atomic E-state index is 13.2. The molecule has 4 amide bonds. The molecule has 6 nitrogen and oxygen atoms in total. The molecular formula is C24H14Br2Cl2N2O4. The van der Waals surface area contributed by atoms with Crippen molar-refractivity contribution in [3.8, 4) is 5.75 Å². The van der Waals surface area contributed by atoms with E-state index in [9.17, 15) is 14.4 Å². The molecule has 1 N–H and O–H groups in total. The van der Waals surface area contributed by atoms with Crippen molar-refractivity contribution in [2.75, 3.05) is 4.90 Å². The van der Waals surface area contributed by atoms with E-state index in [-0.39, 0.29) is 28.0 Å². The molecule has 172 valence electrons. The quantitative estimate of drug-likeness (QED) is 0.251. The van der Waals surface area contributed by atoms with Crippen LogP contribution in [0.15, 0.2) is 75.2 Å². The highest BCUT2D eigenvalue weighted by atomic mass is 79.9. The van der Waals surface area contributed by atoms with Crippen molar-refractivity contribution in [1.29, 1.82) is 0 Å². The summed E-state index contributed by atoms with van der Waals surface area (Å²) in [7, 11) is 0. The molecule has 0 atom stereocenters. The van der Waals surface area contributed by atoms with Crippen molar-refractivity contribution in [3.63, 3.8) is 0 Å². The Hall–Kier alpha value is -2.65. The average Bonchev–Trinajstić information content (AvgIpc) is 2.78. The molecule has 0 unspecified atom stereocenters. The van der Waals surface area contributed by atoms with E-state index in [4.69, 9.17) is 27.9 Å². The number of rotatable bonds is 5. The maximum absolute atomic E-state index is 13.2. The number of barbiturate groups is 1. The SMILES string of the molecule is O=C1NC(=O)N(c2ccc(Br)cc2)C(=O)/C1=C/c1cc(Cl)cc(Cl)c1OCc1ccc(Br)cc1. The van der Waals surface area contributed by atoms with Gasteiger partial charge in [0.15, 0.2) is 0 Å². The van der Waals surface area contributed by atoms with Crippen molar-refractivity contribution >= 4 is 84.7 Å². The number of amides is 4. The van der Waals surface area contributed by atoms with Crippen molar-refractivity contribution in [3.05, 3.63) is 96.4 Å². The summed E-state index contributed by atoms with van der Waals surface area (Å²) in [6.45, 7) is 0.189. The van der Waals surface area contributed by atoms with Crippen LogP contribution in [-0.2, 0) is 16.2 Å². The zero-order valence-electron chi connectivity index (χ0n) is 17.2. The molecule has 0 radical (unpaired) electrons. The van der Waals surface area contributed by atoms with E-state index in [1.54, 1.807) is 24.3 Å². The number of hydrogen-bond donors (Lipinski definition) is 1. The monoisotopic (exact) mass is 622 g/mol. The van der Waals surface area contributed by atoms with Crippen molar-refractivity contribution in [2.45, 2.75) is 6.61 Å². The number of nitrogens with zero attached hydrogens (tertiary/aromatic N) is 1. The van der Waals surface area contributed by atoms with E-state index in [1.165, 1.54) is 18.2 Å². The third-order valence-electron chi connectivity index (χ3n) is 4.82. The smallest absolute Gasteiger partial charge is 0.335 e. The fourth-order valence-corrected chi connectivity index (χ4v) is 4.31. The predicted molar refractivity (Wildman–Crippen MR) is 138 cm³/mol. The lowest BCUT2D eigenvalue weighted by atomic mass is 10.1. The molecule has 10 heteroatoms. The highest BCUT2D eigenvalue weighted by Gasteiger charge is 2.37. The Bertz CT molecular complexity index is 1330. The van der Waals surface area contributed by atoms with E-state index in [0.717, 1.165) is 19.4 Å². The molecule has 0 spiro atoms. The fourth-order valence-electron chi connectivity index (χ4n) is 3.21. The molecular weight excluding hydrogens is 611 g/mol. The Morgan fingerprint density at radius 2 is 1.53 bits per heavy atom. The van der Waals surface area contributed by atoms with Crippen LogP contribution in [0.3, 0.4) is 0 Å². The van der Waals surface area contributed by atoms with E-state index in [1.807, 2.05) is 24.3 Å². The molecule has 3 aromatic rings. The highest BCUT2D eigenvalue weighted by Crippen LogP contribution is 2.35. The minimum Gasteiger partial charge on any atom is -0.487 e. The molecule has 0 bridgehead atoms. The maximum Gasteiger partial charge on any atom is 0.335 e. The first-order valence-electron chi connectivity index (χ1n) is 9.76. The van der Waals surface area contributed by atoms with Gasteiger partial charge in [-0.05, 0) is 60.2 Å². The lowest BCUT2D eigenvalue weighted by molar-refractivity contribution is -0.122. The summed E-state index contributed by atoms with van der Waals surface area (Å²) in [5.41, 5.74) is 1.24. The van der Waals surface area contributed by atoms with Gasteiger partial charge in [-0.3, -0.25) is 14.9 Å². The van der Waals surface area contributed by atoms with Crippen LogP contribution in [0.25, 0.3) is 6.08 Å². The van der Waals surface area contributed by atoms with Gasteiger partial charge >= 0.3 is 6.03 Å². The van der Waals surface area contributed by atoms with Gasteiger partial charge in [-0.2, -0.15) is 0 Å². The third-order valence-corrected chi connectivity index (χ3v) is 6.38. The summed E-state index contributed by atoms with van der Waals surface area (Å²) in [6.07, 6.45) is 1.31. The Morgan fingerprint density at radius 1 is 0.912 bits per heavy atom. The van der Waals surface area contributed by atoms with Gasteiger partial charge in [-0.15, -0.1) is 0 Å². The number of imide groups is 2. The van der Waals surface area contributed by atoms with Gasteiger partial charge in [0.2, 0.25) is 0 Å². The van der Waals surface area contributed by atoms with Crippen molar-refractivity contribution in [2.24, 2.45) is 0 Å². The number of halogens is 4. The predicted octanol–water partition coefficient (Wildman–Crippen LogP) is 6.76. The zero-order chi connectivity index (χ0) is 24.4. The molecule has 0 aliphatic carbocycles. The lowest BCUT2D eigenvalue weighted by Gasteiger charge is -2.26. The van der Waals surface area contributed by atoms with Gasteiger partial charge in [0.25, 0.3) is 11.8 Å². The van der Waals surface area contributed by atoms with Crippen LogP contribution in [0.4, 0.5) is 10.5 Å². The number of carbonyl (C=O) groups is 3. The van der Waals surface area contributed by atoms with Crippen LogP contribution in [0.5, 0.6) is 5.75 Å². The first-order valence-corrected chi connectivity index (χ1v) is 12.1. The van der Waals surface area contributed by atoms with Gasteiger partial charge < -0.3 is 4.74 Å². The van der Waals surface area contributed by atoms with Gasteiger partial charge in [-0.25, -0.2) is 9.69 Å². The van der Waals surface area contributed by atoms with Gasteiger partial charge in [-0.1, -0.05) is 67.2 Å². The number of urea groups is 1. The Kier molecular flexibility index (Phi) is 7.42. The van der Waals surface area contributed by atoms with E-state index >= 15 is 0 Å². The Labute approximate surface area is 221 Å². The molecule has 34 heavy (non-hydrogen) atoms. The van der Waals surface area contributed by atoms with Crippen LogP contribution in [0.2, 0.25) is 10.0 Å². The lowest BCUT2D eigenvalue weighted by Crippen LogP contribution is -2.54. The molecule has 0 aromatic heterocycles. The zero-order valence-corrected chi connectivity index (χ0v) is 21.8. The van der Waals surface area contributed by atoms with Crippen LogP contribution in [0, 0.1) is 0 Å². The van der Waals surface area contributed by atoms with Crippen molar-refractivity contribution < 1.29 is 19.1 Å². The van der Waals surface area contributed by atoms with Crippen LogP contribution < -0.4 is 15.0 Å². The Balaban J connectivity index is 1.70. The summed E-state index contributed by atoms with van der Waals surface area (Å²) < 4.78 is 7.63. The number of nitrogens with one attached hydrogen (secondary N) is 1. The fraction of sp³-hybridized carbons (Fsp3) is 0.0417. The minimum atomic E-state index is -0.842. The molecule has 3 aromatic carbocycles. The summed E-state index contributed by atoms with van der Waals surface area (Å²) in [4.78, 5) is 39.1. The average molecular weight is 625 g/mol. The number of anilines is 1. The van der Waals surface area contributed by atoms with Gasteiger partial charge in [0.1, 0.15) is 17.9 Å². The summed E-state index contributed by atoms with van der Waals surface area (Å²) in [5.74, 6) is -1.38. The molecule has 1 aliphatic heterocycles. The molecule has 0 saturated carbocycles. The molecule has 1 saturated heterocycles. The first kappa shape index (κ1) is 24.5. The third kappa shape index (κ3) is 5.36. The summed E-state index contributed by atoms with van der Waals surface area (Å²) >= 11 is 19.3. The standard InChI is InChI=1S/C24H14Br2Cl2N2O4/c25-15-3-1-13(2-4-15)12-34-21-14(9-17(27)11-20(21)28)10-19-22(31)29-24(33)30(23(19)32)18-7-5-16(26)6-8-18/h1-11H,12H2,(H,29,31,33)/b19-10+. The highest BCUT2D eigenvalue weighted by molar-refractivity contribution is 9.10. The minimum absolute atomic E-state index is 0.189.